The van der Waals surface area contributed by atoms with Gasteiger partial charge < -0.3 is 5.32 Å². The van der Waals surface area contributed by atoms with Gasteiger partial charge in [-0.2, -0.15) is 16.2 Å². The molecule has 0 saturated carbocycles. The zero-order chi connectivity index (χ0) is 13.2. The molecule has 1 N–H and O–H groups in total. The highest BCUT2D eigenvalue weighted by Crippen LogP contribution is 2.31. The lowest BCUT2D eigenvalue weighted by atomic mass is 10.2. The number of thiophene rings is 1. The Hall–Kier alpha value is -1.40. The smallest absolute Gasteiger partial charge is 0.265 e. The predicted molar refractivity (Wildman–Crippen MR) is 76.3 cm³/mol. The Morgan fingerprint density at radius 1 is 1.42 bits per heavy atom. The van der Waals surface area contributed by atoms with E-state index in [0.717, 1.165) is 17.9 Å². The largest absolute Gasteiger partial charge is 0.320 e. The number of pyridine rings is 1. The van der Waals surface area contributed by atoms with Crippen molar-refractivity contribution in [2.45, 2.75) is 12.2 Å². The van der Waals surface area contributed by atoms with Gasteiger partial charge in [-0.25, -0.2) is 4.98 Å². The second-order valence-corrected chi connectivity index (χ2v) is 6.43. The quantitative estimate of drug-likeness (QED) is 0.864. The number of nitrogens with one attached hydrogen (secondary N) is 1. The van der Waals surface area contributed by atoms with E-state index >= 15 is 0 Å². The third-order valence-corrected chi connectivity index (χ3v) is 5.08. The van der Waals surface area contributed by atoms with Crippen LogP contribution < -0.4 is 5.32 Å². The number of carbonyl (C=O) groups excluding carboxylic acids is 1. The van der Waals surface area contributed by atoms with Crippen molar-refractivity contribution >= 4 is 34.7 Å². The molecule has 0 radical (unpaired) electrons. The van der Waals surface area contributed by atoms with Crippen molar-refractivity contribution < 1.29 is 9.18 Å². The van der Waals surface area contributed by atoms with Crippen LogP contribution in [0, 0.1) is 5.95 Å². The Balaban J connectivity index is 1.76. The number of hydrogen-bond acceptors (Lipinski definition) is 4. The molecular weight excluding hydrogens is 283 g/mol. The van der Waals surface area contributed by atoms with Crippen molar-refractivity contribution in [1.29, 1.82) is 0 Å². The lowest BCUT2D eigenvalue weighted by Crippen LogP contribution is -2.10. The molecular formula is C13H11FN2OS2. The summed E-state index contributed by atoms with van der Waals surface area (Å²) < 4.78 is 12.7. The summed E-state index contributed by atoms with van der Waals surface area (Å²) in [6, 6.07) is 4.69. The minimum absolute atomic E-state index is 0.155. The number of fused-ring (bicyclic) bond motifs is 1. The fourth-order valence-corrected chi connectivity index (χ4v) is 4.17. The minimum atomic E-state index is -0.554. The second-order valence-electron chi connectivity index (χ2n) is 4.19. The Morgan fingerprint density at radius 3 is 3.05 bits per heavy atom. The number of carbonyl (C=O) groups is 1. The minimum Gasteiger partial charge on any atom is -0.320 e. The molecule has 19 heavy (non-hydrogen) atoms. The van der Waals surface area contributed by atoms with Gasteiger partial charge in [-0.3, -0.25) is 4.79 Å². The Labute approximate surface area is 118 Å². The van der Waals surface area contributed by atoms with Crippen molar-refractivity contribution in [3.05, 3.63) is 45.7 Å². The molecule has 6 heteroatoms. The average molecular weight is 294 g/mol. The Kier molecular flexibility index (Phi) is 3.52. The highest BCUT2D eigenvalue weighted by atomic mass is 32.2. The second kappa shape index (κ2) is 5.30. The molecule has 3 rings (SSSR count). The van der Waals surface area contributed by atoms with Gasteiger partial charge >= 0.3 is 0 Å². The number of hydrogen-bond donors (Lipinski definition) is 1. The van der Waals surface area contributed by atoms with E-state index < -0.39 is 5.95 Å². The molecule has 0 aliphatic carbocycles. The summed E-state index contributed by atoms with van der Waals surface area (Å²) in [5, 5.41) is 2.73. The van der Waals surface area contributed by atoms with E-state index in [1.807, 2.05) is 17.8 Å². The van der Waals surface area contributed by atoms with Crippen molar-refractivity contribution in [3.8, 4) is 0 Å². The van der Waals surface area contributed by atoms with Crippen LogP contribution in [0.5, 0.6) is 0 Å². The standard InChI is InChI=1S/C13H11FN2OS2/c14-12-2-1-9(6-15-12)16-13(17)11-5-8-7-18-4-3-10(8)19-11/h1-2,5-6H,3-4,7H2,(H,16,17). The third kappa shape index (κ3) is 2.79. The maximum atomic E-state index is 12.7. The molecule has 2 aromatic rings. The van der Waals surface area contributed by atoms with Gasteiger partial charge in [0, 0.05) is 10.6 Å². The van der Waals surface area contributed by atoms with Crippen LogP contribution in [0.2, 0.25) is 0 Å². The first-order chi connectivity index (χ1) is 9.22. The van der Waals surface area contributed by atoms with Gasteiger partial charge in [-0.05, 0) is 35.9 Å². The molecule has 2 aromatic heterocycles. The molecule has 0 unspecified atom stereocenters. The highest BCUT2D eigenvalue weighted by Gasteiger charge is 2.17. The van der Waals surface area contributed by atoms with Gasteiger partial charge in [0.2, 0.25) is 5.95 Å². The molecule has 0 bridgehead atoms. The molecule has 98 valence electrons. The van der Waals surface area contributed by atoms with E-state index in [9.17, 15) is 9.18 Å². The molecule has 1 aliphatic heterocycles. The maximum absolute atomic E-state index is 12.7. The molecule has 3 nitrogen and oxygen atoms in total. The molecule has 0 atom stereocenters. The number of aromatic nitrogens is 1. The number of thioether (sulfide) groups is 1. The topological polar surface area (TPSA) is 42.0 Å². The van der Waals surface area contributed by atoms with Crippen LogP contribution in [0.15, 0.2) is 24.4 Å². The lowest BCUT2D eigenvalue weighted by Gasteiger charge is -2.08. The zero-order valence-corrected chi connectivity index (χ0v) is 11.6. The monoisotopic (exact) mass is 294 g/mol. The first kappa shape index (κ1) is 12.6. The molecule has 0 fully saturated rings. The third-order valence-electron chi connectivity index (χ3n) is 2.84. The molecule has 1 amide bonds. The van der Waals surface area contributed by atoms with E-state index in [1.165, 1.54) is 28.8 Å². The van der Waals surface area contributed by atoms with E-state index in [2.05, 4.69) is 10.3 Å². The molecule has 3 heterocycles. The van der Waals surface area contributed by atoms with Gasteiger partial charge in [0.25, 0.3) is 5.91 Å². The van der Waals surface area contributed by atoms with Crippen LogP contribution in [0.1, 0.15) is 20.1 Å². The Morgan fingerprint density at radius 2 is 2.32 bits per heavy atom. The van der Waals surface area contributed by atoms with Crippen LogP contribution in [-0.2, 0) is 12.2 Å². The van der Waals surface area contributed by atoms with Gasteiger partial charge in [0.15, 0.2) is 0 Å². The first-order valence-corrected chi connectivity index (χ1v) is 7.82. The fourth-order valence-electron chi connectivity index (χ4n) is 1.90. The zero-order valence-electron chi connectivity index (χ0n) is 9.98. The predicted octanol–water partition coefficient (Wildman–Crippen LogP) is 3.32. The summed E-state index contributed by atoms with van der Waals surface area (Å²) in [6.45, 7) is 0. The fraction of sp³-hybridized carbons (Fsp3) is 0.231. The average Bonchev–Trinajstić information content (AvgIpc) is 2.85. The number of aryl methyl sites for hydroxylation is 1. The van der Waals surface area contributed by atoms with Crippen LogP contribution in [0.4, 0.5) is 10.1 Å². The lowest BCUT2D eigenvalue weighted by molar-refractivity contribution is 0.103. The summed E-state index contributed by atoms with van der Waals surface area (Å²) in [5.41, 5.74) is 1.77. The first-order valence-electron chi connectivity index (χ1n) is 5.84. The van der Waals surface area contributed by atoms with Crippen LogP contribution in [0.3, 0.4) is 0 Å². The van der Waals surface area contributed by atoms with E-state index in [0.29, 0.717) is 10.6 Å². The van der Waals surface area contributed by atoms with E-state index in [-0.39, 0.29) is 5.91 Å². The van der Waals surface area contributed by atoms with Gasteiger partial charge in [-0.15, -0.1) is 11.3 Å². The van der Waals surface area contributed by atoms with Gasteiger partial charge in [0.05, 0.1) is 16.8 Å². The van der Waals surface area contributed by atoms with Crippen molar-refractivity contribution in [2.75, 3.05) is 11.1 Å². The summed E-state index contributed by atoms with van der Waals surface area (Å²) in [7, 11) is 0. The van der Waals surface area contributed by atoms with E-state index in [4.69, 9.17) is 0 Å². The number of nitrogens with zero attached hydrogens (tertiary/aromatic N) is 1. The highest BCUT2D eigenvalue weighted by molar-refractivity contribution is 7.98. The number of anilines is 1. The summed E-state index contributed by atoms with van der Waals surface area (Å²) in [6.07, 6.45) is 2.35. The number of amides is 1. The van der Waals surface area contributed by atoms with Crippen molar-refractivity contribution in [2.24, 2.45) is 0 Å². The summed E-state index contributed by atoms with van der Waals surface area (Å²) >= 11 is 3.44. The van der Waals surface area contributed by atoms with Gasteiger partial charge in [-0.1, -0.05) is 0 Å². The van der Waals surface area contributed by atoms with Crippen molar-refractivity contribution in [1.82, 2.24) is 4.98 Å². The molecule has 1 aliphatic rings. The summed E-state index contributed by atoms with van der Waals surface area (Å²) in [5.74, 6) is 1.40. The van der Waals surface area contributed by atoms with Gasteiger partial charge in [0.1, 0.15) is 0 Å². The summed E-state index contributed by atoms with van der Waals surface area (Å²) in [4.78, 5) is 17.6. The normalized spacial score (nSPS) is 13.9. The number of rotatable bonds is 2. The van der Waals surface area contributed by atoms with Crippen LogP contribution >= 0.6 is 23.1 Å². The maximum Gasteiger partial charge on any atom is 0.265 e. The molecule has 0 aromatic carbocycles. The molecule has 0 saturated heterocycles. The Bertz CT molecular complexity index is 586. The SMILES string of the molecule is O=C(Nc1ccc(F)nc1)c1cc2c(s1)CCSC2. The molecule has 0 spiro atoms. The van der Waals surface area contributed by atoms with Crippen LogP contribution in [-0.4, -0.2) is 16.6 Å². The van der Waals surface area contributed by atoms with Crippen LogP contribution in [0.25, 0.3) is 0 Å². The number of halogens is 1. The van der Waals surface area contributed by atoms with E-state index in [1.54, 1.807) is 11.3 Å². The van der Waals surface area contributed by atoms with Crippen molar-refractivity contribution in [3.63, 3.8) is 0 Å².